The van der Waals surface area contributed by atoms with E-state index in [1.54, 1.807) is 0 Å². The summed E-state index contributed by atoms with van der Waals surface area (Å²) in [7, 11) is -7.31. The molecule has 10 heteroatoms. The summed E-state index contributed by atoms with van der Waals surface area (Å²) in [4.78, 5) is 30.2. The van der Waals surface area contributed by atoms with E-state index in [0.717, 1.165) is 6.92 Å². The molecule has 1 unspecified atom stereocenters. The molecule has 0 amide bonds. The van der Waals surface area contributed by atoms with Gasteiger partial charge in [0.25, 0.3) is 0 Å². The van der Waals surface area contributed by atoms with Gasteiger partial charge in [-0.25, -0.2) is 0 Å². The van der Waals surface area contributed by atoms with Gasteiger partial charge in [-0.15, -0.1) is 0 Å². The van der Waals surface area contributed by atoms with Crippen molar-refractivity contribution < 1.29 is 33.8 Å². The van der Waals surface area contributed by atoms with Crippen molar-refractivity contribution in [1.29, 1.82) is 0 Å². The second-order valence-electron chi connectivity index (χ2n) is 1.50. The Hall–Kier alpha value is 1.52. The second kappa shape index (κ2) is 9.09. The summed E-state index contributed by atoms with van der Waals surface area (Å²) in [5.41, 5.74) is 0. The molecule has 0 heterocycles. The fourth-order valence-corrected chi connectivity index (χ4v) is 0. The maximum absolute atomic E-state index is 9.78. The van der Waals surface area contributed by atoms with Crippen LogP contribution in [-0.4, -0.2) is 68.3 Å². The minimum atomic E-state index is -4.18. The molecule has 0 saturated heterocycles. The third kappa shape index (κ3) is 22.5. The van der Waals surface area contributed by atoms with E-state index >= 15 is 0 Å². The summed E-state index contributed by atoms with van der Waals surface area (Å²) < 4.78 is 18.5. The van der Waals surface area contributed by atoms with Crippen LogP contribution in [0.25, 0.3) is 0 Å². The van der Waals surface area contributed by atoms with Crippen molar-refractivity contribution in [2.75, 3.05) is 0 Å². The molecule has 0 bridgehead atoms. The van der Waals surface area contributed by atoms with Crippen molar-refractivity contribution in [1.82, 2.24) is 0 Å². The van der Waals surface area contributed by atoms with Gasteiger partial charge in [-0.2, -0.15) is 0 Å². The zero-order valence-corrected chi connectivity index (χ0v) is 7.47. The molecular formula is C2H12CaO7P2. The van der Waals surface area contributed by atoms with E-state index in [1.165, 1.54) is 0 Å². The Morgan fingerprint density at radius 1 is 1.33 bits per heavy atom. The van der Waals surface area contributed by atoms with Gasteiger partial charge in [0, 0.05) is 0 Å². The van der Waals surface area contributed by atoms with Crippen LogP contribution in [0.2, 0.25) is 0 Å². The van der Waals surface area contributed by atoms with E-state index in [2.05, 4.69) is 0 Å². The van der Waals surface area contributed by atoms with Crippen LogP contribution in [0.5, 0.6) is 0 Å². The van der Waals surface area contributed by atoms with Gasteiger partial charge in [-0.05, 0) is 6.92 Å². The second-order valence-corrected chi connectivity index (χ2v) is 3.99. The molecule has 0 aromatic rings. The number of aliphatic hydroxyl groups excluding tert-OH is 1. The Kier molecular flexibility index (Phi) is 14.5. The minimum absolute atomic E-state index is 0. The predicted octanol–water partition coefficient (Wildman–Crippen LogP) is -2.05. The number of hydrogen-bond donors (Lipinski definition) is 5. The molecule has 0 aromatic heterocycles. The predicted molar refractivity (Wildman–Crippen MR) is 45.7 cm³/mol. The summed E-state index contributed by atoms with van der Waals surface area (Å²) in [5.74, 6) is -1.53. The molecule has 0 rings (SSSR count). The van der Waals surface area contributed by atoms with E-state index in [9.17, 15) is 4.57 Å². The van der Waals surface area contributed by atoms with Crippen molar-refractivity contribution in [3.05, 3.63) is 0 Å². The normalized spacial score (nSPS) is 12.6. The monoisotopic (exact) mass is 250 g/mol. The topological polar surface area (TPSA) is 135 Å². The Bertz CT molecular complexity index is 159. The summed E-state index contributed by atoms with van der Waals surface area (Å²) >= 11 is 0. The number of rotatable bonds is 1. The SMILES string of the molecule is CC(O)P(=O)(O)O.O=[PH](O)O.[CaH2]. The van der Waals surface area contributed by atoms with Crippen LogP contribution >= 0.6 is 15.9 Å². The van der Waals surface area contributed by atoms with Crippen molar-refractivity contribution in [2.45, 2.75) is 12.8 Å². The van der Waals surface area contributed by atoms with Crippen LogP contribution in [-0.2, 0) is 9.13 Å². The van der Waals surface area contributed by atoms with Gasteiger partial charge in [-0.3, -0.25) is 9.13 Å². The van der Waals surface area contributed by atoms with Crippen LogP contribution in [0.4, 0.5) is 0 Å². The first-order valence-electron chi connectivity index (χ1n) is 2.33. The van der Waals surface area contributed by atoms with Gasteiger partial charge in [0.2, 0.25) is 0 Å². The quantitative estimate of drug-likeness (QED) is 0.267. The molecule has 0 aliphatic rings. The Balaban J connectivity index is -0.000000142. The maximum atomic E-state index is 9.78. The molecule has 5 N–H and O–H groups in total. The zero-order chi connectivity index (χ0) is 9.65. The fourth-order valence-electron chi connectivity index (χ4n) is 0. The summed E-state index contributed by atoms with van der Waals surface area (Å²) in [6, 6.07) is 0. The molecule has 0 spiro atoms. The molecule has 7 nitrogen and oxygen atoms in total. The summed E-state index contributed by atoms with van der Waals surface area (Å²) in [6.07, 6.45) is 0. The van der Waals surface area contributed by atoms with Gasteiger partial charge in [0.05, 0.1) is 0 Å². The van der Waals surface area contributed by atoms with Crippen LogP contribution < -0.4 is 0 Å². The van der Waals surface area contributed by atoms with E-state index in [4.69, 9.17) is 29.2 Å². The van der Waals surface area contributed by atoms with Gasteiger partial charge in [0.1, 0.15) is 0 Å². The molecule has 0 aliphatic carbocycles. The summed E-state index contributed by atoms with van der Waals surface area (Å²) in [6.45, 7) is 1.04. The number of aliphatic hydroxyl groups is 1. The van der Waals surface area contributed by atoms with Gasteiger partial charge in [0.15, 0.2) is 5.85 Å². The fraction of sp³-hybridized carbons (Fsp3) is 1.00. The first-order valence-corrected chi connectivity index (χ1v) is 5.31. The van der Waals surface area contributed by atoms with Crippen LogP contribution in [0.15, 0.2) is 0 Å². The molecule has 12 heavy (non-hydrogen) atoms. The van der Waals surface area contributed by atoms with Crippen molar-refractivity contribution in [3.63, 3.8) is 0 Å². The standard InChI is InChI=1S/C2H7O4P.Ca.H3O3P.2H/c1-2(3)7(4,5)6;;1-4(2)3;;/h2-3H,1H3,(H2,4,5,6);;4H,(H2,1,2,3);;. The third-order valence-corrected chi connectivity index (χ3v) is 1.46. The van der Waals surface area contributed by atoms with E-state index in [1.807, 2.05) is 0 Å². The molecule has 74 valence electrons. The molecule has 1 atom stereocenters. The van der Waals surface area contributed by atoms with Gasteiger partial charge < -0.3 is 24.7 Å². The van der Waals surface area contributed by atoms with Gasteiger partial charge in [-0.1, -0.05) is 0 Å². The van der Waals surface area contributed by atoms with Crippen LogP contribution in [0.3, 0.4) is 0 Å². The molecule has 0 saturated carbocycles. The number of hydrogen-bond acceptors (Lipinski definition) is 3. The molecule has 0 fully saturated rings. The summed E-state index contributed by atoms with van der Waals surface area (Å²) in [5, 5.41) is 8.13. The zero-order valence-electron chi connectivity index (χ0n) is 5.58. The first-order chi connectivity index (χ1) is 4.68. The molecule has 0 aromatic carbocycles. The van der Waals surface area contributed by atoms with Crippen molar-refractivity contribution >= 4 is 53.6 Å². The Labute approximate surface area is 99.5 Å². The van der Waals surface area contributed by atoms with Crippen molar-refractivity contribution in [2.24, 2.45) is 0 Å². The first kappa shape index (κ1) is 19.1. The van der Waals surface area contributed by atoms with Gasteiger partial charge >= 0.3 is 53.6 Å². The average Bonchev–Trinajstić information content (AvgIpc) is 1.59. The molecule has 0 radical (unpaired) electrons. The van der Waals surface area contributed by atoms with Crippen molar-refractivity contribution in [3.8, 4) is 0 Å². The third-order valence-electron chi connectivity index (χ3n) is 0.487. The molecular weight excluding hydrogens is 238 g/mol. The Morgan fingerprint density at radius 3 is 1.42 bits per heavy atom. The van der Waals surface area contributed by atoms with E-state index in [-0.39, 0.29) is 37.7 Å². The van der Waals surface area contributed by atoms with Crippen LogP contribution in [0, 0.1) is 0 Å². The van der Waals surface area contributed by atoms with E-state index < -0.39 is 21.7 Å². The Morgan fingerprint density at radius 2 is 1.42 bits per heavy atom. The average molecular weight is 250 g/mol. The molecule has 0 aliphatic heterocycles. The van der Waals surface area contributed by atoms with E-state index in [0.29, 0.717) is 0 Å². The van der Waals surface area contributed by atoms with Crippen LogP contribution in [0.1, 0.15) is 6.92 Å².